The number of benzene rings is 1. The second kappa shape index (κ2) is 7.33. The predicted molar refractivity (Wildman–Crippen MR) is 108 cm³/mol. The molecular weight excluding hydrogens is 382 g/mol. The van der Waals surface area contributed by atoms with E-state index >= 15 is 0 Å². The third-order valence-electron chi connectivity index (χ3n) is 5.21. The number of nitrogens with one attached hydrogen (secondary N) is 1. The first kappa shape index (κ1) is 18.6. The molecule has 1 aliphatic heterocycles. The first-order chi connectivity index (χ1) is 12.9. The number of thiazole rings is 1. The number of carbonyl (C=O) groups is 1. The van der Waals surface area contributed by atoms with Gasteiger partial charge in [0.1, 0.15) is 0 Å². The Hall–Kier alpha value is -1.77. The number of anilines is 1. The van der Waals surface area contributed by atoms with Crippen molar-refractivity contribution >= 4 is 32.4 Å². The maximum atomic E-state index is 12.8. The van der Waals surface area contributed by atoms with Gasteiger partial charge in [0.15, 0.2) is 5.13 Å². The molecule has 1 aromatic carbocycles. The third-order valence-corrected chi connectivity index (χ3v) is 7.88. The van der Waals surface area contributed by atoms with Crippen molar-refractivity contribution in [3.05, 3.63) is 29.6 Å². The molecule has 1 saturated heterocycles. The minimum Gasteiger partial charge on any atom is -0.302 e. The molecule has 146 valence electrons. The SMILES string of the molecule is CC1CCN(S(=O)(=O)c2ccc(-c3csc(NC(=O)C4CC4)n3)cc2)CC1.[HH]. The highest BCUT2D eigenvalue weighted by Gasteiger charge is 2.30. The highest BCUT2D eigenvalue weighted by Crippen LogP contribution is 2.32. The lowest BCUT2D eigenvalue weighted by atomic mass is 10.0. The summed E-state index contributed by atoms with van der Waals surface area (Å²) < 4.78 is 27.2. The van der Waals surface area contributed by atoms with Crippen molar-refractivity contribution in [2.75, 3.05) is 18.4 Å². The summed E-state index contributed by atoms with van der Waals surface area (Å²) in [6.07, 6.45) is 3.73. The average Bonchev–Trinajstić information content (AvgIpc) is 3.42. The van der Waals surface area contributed by atoms with Crippen LogP contribution in [0.1, 0.15) is 34.0 Å². The van der Waals surface area contributed by atoms with Crippen LogP contribution in [-0.2, 0) is 14.8 Å². The zero-order valence-corrected chi connectivity index (χ0v) is 16.9. The van der Waals surface area contributed by atoms with E-state index in [1.165, 1.54) is 11.3 Å². The summed E-state index contributed by atoms with van der Waals surface area (Å²) >= 11 is 1.38. The Morgan fingerprint density at radius 2 is 1.85 bits per heavy atom. The van der Waals surface area contributed by atoms with E-state index in [4.69, 9.17) is 0 Å². The molecule has 0 atom stereocenters. The van der Waals surface area contributed by atoms with Crippen molar-refractivity contribution < 1.29 is 14.6 Å². The lowest BCUT2D eigenvalue weighted by Gasteiger charge is -2.29. The Kier molecular flexibility index (Phi) is 5.05. The number of hydrogen-bond acceptors (Lipinski definition) is 5. The molecule has 2 aromatic rings. The zero-order chi connectivity index (χ0) is 19.0. The molecule has 1 amide bonds. The molecule has 2 heterocycles. The zero-order valence-electron chi connectivity index (χ0n) is 15.2. The fraction of sp³-hybridized carbons (Fsp3) is 0.474. The van der Waals surface area contributed by atoms with Crippen molar-refractivity contribution in [3.63, 3.8) is 0 Å². The minimum absolute atomic E-state index is 0. The van der Waals surface area contributed by atoms with Crippen LogP contribution in [0.5, 0.6) is 0 Å². The Balaban J connectivity index is 0.00000225. The molecule has 1 saturated carbocycles. The number of carbonyl (C=O) groups excluding carboxylic acids is 1. The van der Waals surface area contributed by atoms with Gasteiger partial charge in [-0.2, -0.15) is 4.31 Å². The molecule has 0 spiro atoms. The fourth-order valence-electron chi connectivity index (χ4n) is 3.19. The molecule has 8 heteroatoms. The number of rotatable bonds is 5. The number of hydrogen-bond donors (Lipinski definition) is 1. The smallest absolute Gasteiger partial charge is 0.243 e. The summed E-state index contributed by atoms with van der Waals surface area (Å²) in [5.41, 5.74) is 1.58. The van der Waals surface area contributed by atoms with Gasteiger partial charge in [-0.15, -0.1) is 11.3 Å². The predicted octanol–water partition coefficient (Wildman–Crippen LogP) is 3.83. The lowest BCUT2D eigenvalue weighted by molar-refractivity contribution is -0.117. The second-order valence-corrected chi connectivity index (χ2v) is 10.2. The van der Waals surface area contributed by atoms with Crippen LogP contribution < -0.4 is 5.32 Å². The first-order valence-electron chi connectivity index (χ1n) is 9.30. The molecule has 1 aromatic heterocycles. The molecule has 1 N–H and O–H groups in total. The molecule has 27 heavy (non-hydrogen) atoms. The van der Waals surface area contributed by atoms with E-state index in [0.717, 1.165) is 36.9 Å². The Morgan fingerprint density at radius 1 is 1.19 bits per heavy atom. The van der Waals surface area contributed by atoms with Crippen LogP contribution in [-0.4, -0.2) is 36.7 Å². The van der Waals surface area contributed by atoms with Gasteiger partial charge in [-0.05, 0) is 43.7 Å². The van der Waals surface area contributed by atoms with Gasteiger partial charge in [0, 0.05) is 31.4 Å². The van der Waals surface area contributed by atoms with Crippen molar-refractivity contribution in [2.24, 2.45) is 11.8 Å². The van der Waals surface area contributed by atoms with Crippen molar-refractivity contribution in [1.29, 1.82) is 0 Å². The molecule has 0 unspecified atom stereocenters. The Labute approximate surface area is 165 Å². The number of nitrogens with zero attached hydrogens (tertiary/aromatic N) is 2. The van der Waals surface area contributed by atoms with Crippen LogP contribution in [0.25, 0.3) is 11.3 Å². The van der Waals surface area contributed by atoms with Gasteiger partial charge in [-0.1, -0.05) is 19.1 Å². The van der Waals surface area contributed by atoms with Crippen LogP contribution in [0.2, 0.25) is 0 Å². The molecular formula is C19H25N3O3S2. The summed E-state index contributed by atoms with van der Waals surface area (Å²) in [6.45, 7) is 3.33. The Bertz CT molecular complexity index is 932. The van der Waals surface area contributed by atoms with Gasteiger partial charge in [0.2, 0.25) is 15.9 Å². The van der Waals surface area contributed by atoms with E-state index in [2.05, 4.69) is 17.2 Å². The maximum Gasteiger partial charge on any atom is 0.243 e. The number of sulfonamides is 1. The Morgan fingerprint density at radius 3 is 2.48 bits per heavy atom. The topological polar surface area (TPSA) is 79.4 Å². The van der Waals surface area contributed by atoms with E-state index in [1.54, 1.807) is 28.6 Å². The largest absolute Gasteiger partial charge is 0.302 e. The van der Waals surface area contributed by atoms with E-state index in [-0.39, 0.29) is 13.3 Å². The molecule has 2 aliphatic rings. The summed E-state index contributed by atoms with van der Waals surface area (Å²) in [7, 11) is -3.44. The number of piperidine rings is 1. The first-order valence-corrected chi connectivity index (χ1v) is 11.6. The molecule has 2 fully saturated rings. The standard InChI is InChI=1S/C19H23N3O3S2.H2/c1-13-8-10-22(11-9-13)27(24,25)16-6-4-14(5-7-16)17-12-26-19(20-17)21-18(23)15-2-3-15;/h4-7,12-13,15H,2-3,8-11H2,1H3,(H,20,21,23);1H. The third kappa shape index (κ3) is 4.07. The van der Waals surface area contributed by atoms with E-state index < -0.39 is 10.0 Å². The van der Waals surface area contributed by atoms with Gasteiger partial charge in [-0.25, -0.2) is 13.4 Å². The van der Waals surface area contributed by atoms with Gasteiger partial charge in [0.05, 0.1) is 10.6 Å². The van der Waals surface area contributed by atoms with Crippen LogP contribution in [0, 0.1) is 11.8 Å². The molecule has 4 rings (SSSR count). The highest BCUT2D eigenvalue weighted by atomic mass is 32.2. The molecule has 0 radical (unpaired) electrons. The van der Waals surface area contributed by atoms with E-state index in [1.807, 2.05) is 5.38 Å². The molecule has 0 bridgehead atoms. The van der Waals surface area contributed by atoms with E-state index in [9.17, 15) is 13.2 Å². The van der Waals surface area contributed by atoms with Crippen LogP contribution >= 0.6 is 11.3 Å². The van der Waals surface area contributed by atoms with Crippen LogP contribution in [0.4, 0.5) is 5.13 Å². The summed E-state index contributed by atoms with van der Waals surface area (Å²) in [5, 5.41) is 5.30. The highest BCUT2D eigenvalue weighted by molar-refractivity contribution is 7.89. The summed E-state index contributed by atoms with van der Waals surface area (Å²) in [5.74, 6) is 0.755. The molecule has 1 aliphatic carbocycles. The van der Waals surface area contributed by atoms with Gasteiger partial charge >= 0.3 is 0 Å². The quantitative estimate of drug-likeness (QED) is 0.817. The fourth-order valence-corrected chi connectivity index (χ4v) is 5.38. The normalized spacial score (nSPS) is 19.1. The van der Waals surface area contributed by atoms with Crippen molar-refractivity contribution in [2.45, 2.75) is 37.5 Å². The lowest BCUT2D eigenvalue weighted by Crippen LogP contribution is -2.37. The summed E-state index contributed by atoms with van der Waals surface area (Å²) in [6, 6.07) is 6.84. The van der Waals surface area contributed by atoms with Crippen molar-refractivity contribution in [3.8, 4) is 11.3 Å². The van der Waals surface area contributed by atoms with Crippen LogP contribution in [0.3, 0.4) is 0 Å². The van der Waals surface area contributed by atoms with Crippen LogP contribution in [0.15, 0.2) is 34.5 Å². The maximum absolute atomic E-state index is 12.8. The summed E-state index contributed by atoms with van der Waals surface area (Å²) in [4.78, 5) is 16.6. The van der Waals surface area contributed by atoms with E-state index in [0.29, 0.717) is 29.0 Å². The number of aromatic nitrogens is 1. The van der Waals surface area contributed by atoms with Crippen molar-refractivity contribution in [1.82, 2.24) is 9.29 Å². The number of amides is 1. The van der Waals surface area contributed by atoms with Gasteiger partial charge < -0.3 is 5.32 Å². The minimum atomic E-state index is -3.44. The monoisotopic (exact) mass is 407 g/mol. The van der Waals surface area contributed by atoms with Gasteiger partial charge in [-0.3, -0.25) is 4.79 Å². The van der Waals surface area contributed by atoms with Gasteiger partial charge in [0.25, 0.3) is 0 Å². The molecule has 6 nitrogen and oxygen atoms in total. The second-order valence-electron chi connectivity index (χ2n) is 7.41. The average molecular weight is 408 g/mol.